The van der Waals surface area contributed by atoms with Crippen LogP contribution in [0.1, 0.15) is 24.0 Å². The highest BCUT2D eigenvalue weighted by molar-refractivity contribution is 7.99. The van der Waals surface area contributed by atoms with Crippen molar-refractivity contribution in [3.05, 3.63) is 99.3 Å². The first-order chi connectivity index (χ1) is 19.1. The van der Waals surface area contributed by atoms with Crippen molar-refractivity contribution in [3.63, 3.8) is 0 Å². The van der Waals surface area contributed by atoms with Gasteiger partial charge < -0.3 is 10.6 Å². The standard InChI is InChI=1S/C28H24ClF3N4O3S/c29-20-8-3-6-18(14-20)16-33-24(37)12-5-13-36-26(39)22-10-1-2-11-23(22)35-27(36)40-17-25(38)34-21-9-4-7-19(15-21)28(30,31)32/h1-4,6-11,14-15H,5,12-13,16-17H2,(H,33,37)(H,34,38). The summed E-state index contributed by atoms with van der Waals surface area (Å²) in [6.07, 6.45) is -4.04. The first kappa shape index (κ1) is 29.2. The van der Waals surface area contributed by atoms with E-state index in [1.807, 2.05) is 6.07 Å². The van der Waals surface area contributed by atoms with E-state index in [1.54, 1.807) is 42.5 Å². The molecule has 0 unspecified atom stereocenters. The van der Waals surface area contributed by atoms with Gasteiger partial charge in [0.05, 0.1) is 22.2 Å². The lowest BCUT2D eigenvalue weighted by Crippen LogP contribution is -2.26. The fourth-order valence-electron chi connectivity index (χ4n) is 3.89. The molecule has 2 amide bonds. The number of carbonyl (C=O) groups excluding carboxylic acids is 2. The molecule has 0 aliphatic rings. The summed E-state index contributed by atoms with van der Waals surface area (Å²) in [5.41, 5.74) is 0.125. The van der Waals surface area contributed by atoms with Crippen LogP contribution in [0.4, 0.5) is 18.9 Å². The van der Waals surface area contributed by atoms with E-state index in [4.69, 9.17) is 11.6 Å². The minimum absolute atomic E-state index is 0.00747. The number of nitrogens with one attached hydrogen (secondary N) is 2. The second kappa shape index (κ2) is 13.0. The Balaban J connectivity index is 1.41. The summed E-state index contributed by atoms with van der Waals surface area (Å²) < 4.78 is 40.4. The zero-order valence-corrected chi connectivity index (χ0v) is 22.6. The van der Waals surface area contributed by atoms with Crippen molar-refractivity contribution >= 4 is 51.8 Å². The lowest BCUT2D eigenvalue weighted by Gasteiger charge is -2.14. The third-order valence-corrected chi connectivity index (χ3v) is 7.01. The molecule has 208 valence electrons. The molecular weight excluding hydrogens is 565 g/mol. The smallest absolute Gasteiger partial charge is 0.352 e. The molecule has 2 N–H and O–H groups in total. The summed E-state index contributed by atoms with van der Waals surface area (Å²) in [6.45, 7) is 0.498. The third-order valence-electron chi connectivity index (χ3n) is 5.80. The van der Waals surface area contributed by atoms with Gasteiger partial charge in [-0.15, -0.1) is 0 Å². The molecule has 3 aromatic carbocycles. The number of hydrogen-bond acceptors (Lipinski definition) is 5. The van der Waals surface area contributed by atoms with E-state index in [0.717, 1.165) is 29.5 Å². The van der Waals surface area contributed by atoms with Gasteiger partial charge in [0.25, 0.3) is 5.56 Å². The molecule has 0 aliphatic heterocycles. The molecule has 0 saturated heterocycles. The van der Waals surface area contributed by atoms with Gasteiger partial charge in [0.15, 0.2) is 5.16 Å². The van der Waals surface area contributed by atoms with Gasteiger partial charge in [0.1, 0.15) is 0 Å². The van der Waals surface area contributed by atoms with E-state index >= 15 is 0 Å². The Labute approximate surface area is 236 Å². The van der Waals surface area contributed by atoms with Crippen LogP contribution in [-0.2, 0) is 28.9 Å². The molecular formula is C28H24ClF3N4O3S. The van der Waals surface area contributed by atoms with Crippen LogP contribution in [0.3, 0.4) is 0 Å². The number of rotatable bonds is 10. The predicted octanol–water partition coefficient (Wildman–Crippen LogP) is 5.90. The first-order valence-corrected chi connectivity index (χ1v) is 13.6. The van der Waals surface area contributed by atoms with E-state index in [0.29, 0.717) is 28.9 Å². The molecule has 4 aromatic rings. The Morgan fingerprint density at radius 1 is 0.975 bits per heavy atom. The quantitative estimate of drug-likeness (QED) is 0.178. The van der Waals surface area contributed by atoms with Gasteiger partial charge in [-0.3, -0.25) is 19.0 Å². The average molecular weight is 589 g/mol. The molecule has 1 aromatic heterocycles. The van der Waals surface area contributed by atoms with Gasteiger partial charge in [-0.1, -0.05) is 53.7 Å². The molecule has 40 heavy (non-hydrogen) atoms. The van der Waals surface area contributed by atoms with Crippen molar-refractivity contribution in [1.29, 1.82) is 0 Å². The number of thioether (sulfide) groups is 1. The molecule has 0 radical (unpaired) electrons. The number of aromatic nitrogens is 2. The van der Waals surface area contributed by atoms with Crippen LogP contribution in [-0.4, -0.2) is 27.1 Å². The number of fused-ring (bicyclic) bond motifs is 1. The monoisotopic (exact) mass is 588 g/mol. The van der Waals surface area contributed by atoms with Gasteiger partial charge in [0, 0.05) is 30.2 Å². The number of halogens is 4. The van der Waals surface area contributed by atoms with E-state index in [9.17, 15) is 27.6 Å². The maximum Gasteiger partial charge on any atom is 0.416 e. The Morgan fingerprint density at radius 2 is 1.75 bits per heavy atom. The number of benzene rings is 3. The molecule has 0 spiro atoms. The second-order valence-electron chi connectivity index (χ2n) is 8.79. The fourth-order valence-corrected chi connectivity index (χ4v) is 4.93. The predicted molar refractivity (Wildman–Crippen MR) is 149 cm³/mol. The van der Waals surface area contributed by atoms with Crippen molar-refractivity contribution in [2.24, 2.45) is 0 Å². The average Bonchev–Trinajstić information content (AvgIpc) is 2.92. The van der Waals surface area contributed by atoms with Crippen LogP contribution >= 0.6 is 23.4 Å². The van der Waals surface area contributed by atoms with Crippen molar-refractivity contribution < 1.29 is 22.8 Å². The minimum atomic E-state index is -4.53. The molecule has 12 heteroatoms. The summed E-state index contributed by atoms with van der Waals surface area (Å²) >= 11 is 6.96. The van der Waals surface area contributed by atoms with E-state index in [1.165, 1.54) is 16.7 Å². The number of para-hydroxylation sites is 1. The first-order valence-electron chi connectivity index (χ1n) is 12.2. The molecule has 0 bridgehead atoms. The lowest BCUT2D eigenvalue weighted by atomic mass is 10.2. The lowest BCUT2D eigenvalue weighted by molar-refractivity contribution is -0.137. The fraction of sp³-hybridized carbons (Fsp3) is 0.214. The second-order valence-corrected chi connectivity index (χ2v) is 10.2. The zero-order valence-electron chi connectivity index (χ0n) is 21.0. The van der Waals surface area contributed by atoms with Crippen LogP contribution in [0.15, 0.2) is 82.7 Å². The Kier molecular flexibility index (Phi) is 9.49. The highest BCUT2D eigenvalue weighted by Gasteiger charge is 2.30. The Morgan fingerprint density at radius 3 is 2.52 bits per heavy atom. The Hall–Kier alpha value is -3.83. The molecule has 7 nitrogen and oxygen atoms in total. The van der Waals surface area contributed by atoms with Gasteiger partial charge in [-0.25, -0.2) is 4.98 Å². The normalized spacial score (nSPS) is 11.4. The summed E-state index contributed by atoms with van der Waals surface area (Å²) in [7, 11) is 0. The molecule has 0 aliphatic carbocycles. The number of nitrogens with zero attached hydrogens (tertiary/aromatic N) is 2. The number of amides is 2. The highest BCUT2D eigenvalue weighted by atomic mass is 35.5. The van der Waals surface area contributed by atoms with Crippen molar-refractivity contribution in [2.75, 3.05) is 11.1 Å². The topological polar surface area (TPSA) is 93.1 Å². The highest BCUT2D eigenvalue weighted by Crippen LogP contribution is 2.30. The van der Waals surface area contributed by atoms with Crippen LogP contribution < -0.4 is 16.2 Å². The summed E-state index contributed by atoms with van der Waals surface area (Å²) in [5, 5.41) is 6.50. The SMILES string of the molecule is O=C(CCCn1c(SCC(=O)Nc2cccc(C(F)(F)F)c2)nc2ccccc2c1=O)NCc1cccc(Cl)c1. The molecule has 4 rings (SSSR count). The summed E-state index contributed by atoms with van der Waals surface area (Å²) in [5.74, 6) is -0.948. The van der Waals surface area contributed by atoms with E-state index in [2.05, 4.69) is 15.6 Å². The number of alkyl halides is 3. The van der Waals surface area contributed by atoms with Crippen LogP contribution in [0.5, 0.6) is 0 Å². The van der Waals surface area contributed by atoms with Crippen molar-refractivity contribution in [2.45, 2.75) is 37.3 Å². The van der Waals surface area contributed by atoms with E-state index in [-0.39, 0.29) is 41.0 Å². The van der Waals surface area contributed by atoms with Crippen LogP contribution in [0.25, 0.3) is 10.9 Å². The molecule has 1 heterocycles. The van der Waals surface area contributed by atoms with E-state index < -0.39 is 17.6 Å². The van der Waals surface area contributed by atoms with Gasteiger partial charge in [-0.05, 0) is 54.4 Å². The third kappa shape index (κ3) is 7.86. The largest absolute Gasteiger partial charge is 0.416 e. The van der Waals surface area contributed by atoms with Crippen LogP contribution in [0, 0.1) is 0 Å². The molecule has 0 atom stereocenters. The molecule has 0 fully saturated rings. The molecule has 0 saturated carbocycles. The maximum absolute atomic E-state index is 13.2. The van der Waals surface area contributed by atoms with Gasteiger partial charge >= 0.3 is 6.18 Å². The zero-order chi connectivity index (χ0) is 28.7. The summed E-state index contributed by atoms with van der Waals surface area (Å²) in [6, 6.07) is 18.3. The maximum atomic E-state index is 13.2. The van der Waals surface area contributed by atoms with Crippen molar-refractivity contribution in [1.82, 2.24) is 14.9 Å². The van der Waals surface area contributed by atoms with Gasteiger partial charge in [0.2, 0.25) is 11.8 Å². The number of anilines is 1. The summed E-state index contributed by atoms with van der Waals surface area (Å²) in [4.78, 5) is 42.7. The number of hydrogen-bond donors (Lipinski definition) is 2. The van der Waals surface area contributed by atoms with Crippen molar-refractivity contribution in [3.8, 4) is 0 Å². The van der Waals surface area contributed by atoms with Crippen LogP contribution in [0.2, 0.25) is 5.02 Å². The minimum Gasteiger partial charge on any atom is -0.352 e. The number of carbonyl (C=O) groups is 2. The van der Waals surface area contributed by atoms with Gasteiger partial charge in [-0.2, -0.15) is 13.2 Å². The Bertz CT molecular complexity index is 1590.